The van der Waals surface area contributed by atoms with Crippen LogP contribution in [-0.2, 0) is 0 Å². The lowest BCUT2D eigenvalue weighted by Gasteiger charge is -2.40. The van der Waals surface area contributed by atoms with Crippen LogP contribution in [0.25, 0.3) is 0 Å². The van der Waals surface area contributed by atoms with Crippen molar-refractivity contribution in [2.75, 3.05) is 44.3 Å². The Kier molecular flexibility index (Phi) is 6.05. The van der Waals surface area contributed by atoms with Crippen molar-refractivity contribution in [1.29, 1.82) is 0 Å². The van der Waals surface area contributed by atoms with Gasteiger partial charge < -0.3 is 24.8 Å². The minimum Gasteiger partial charge on any atom is -0.486 e. The van der Waals surface area contributed by atoms with E-state index in [4.69, 9.17) is 9.47 Å². The van der Waals surface area contributed by atoms with Crippen LogP contribution in [0.5, 0.6) is 11.5 Å². The molecular weight excluding hydrogens is 370 g/mol. The van der Waals surface area contributed by atoms with Gasteiger partial charge in [-0.15, -0.1) is 0 Å². The van der Waals surface area contributed by atoms with Crippen molar-refractivity contribution in [3.63, 3.8) is 0 Å². The highest BCUT2D eigenvalue weighted by Gasteiger charge is 2.26. The fraction of sp³-hybridized carbons (Fsp3) is 0.364. The highest BCUT2D eigenvalue weighted by molar-refractivity contribution is 5.64. The monoisotopic (exact) mass is 396 g/mol. The van der Waals surface area contributed by atoms with Gasteiger partial charge in [0.25, 0.3) is 0 Å². The summed E-state index contributed by atoms with van der Waals surface area (Å²) >= 11 is 0. The number of nitrogens with one attached hydrogen (secondary N) is 1. The lowest BCUT2D eigenvalue weighted by atomic mass is 10.1. The van der Waals surface area contributed by atoms with E-state index in [2.05, 4.69) is 27.6 Å². The zero-order chi connectivity index (χ0) is 20.1. The molecule has 2 aromatic carbocycles. The molecule has 0 aliphatic carbocycles. The molecule has 0 aromatic heterocycles. The summed E-state index contributed by atoms with van der Waals surface area (Å²) in [4.78, 5) is 15.8. The molecule has 1 radical (unpaired) electrons. The summed E-state index contributed by atoms with van der Waals surface area (Å²) in [6, 6.07) is 16.0. The summed E-state index contributed by atoms with van der Waals surface area (Å²) in [5, 5.41) is 11.9. The SMILES string of the molecule is O=C(O)NC(C[CH]c1ccccc1)N1CCN(c2ccc3c(c2)OCCO3)CC1. The number of hydrogen-bond donors (Lipinski definition) is 2. The van der Waals surface area contributed by atoms with Crippen LogP contribution in [0.2, 0.25) is 0 Å². The Labute approximate surface area is 170 Å². The first-order valence-corrected chi connectivity index (χ1v) is 9.95. The molecular formula is C22H26N3O4. The van der Waals surface area contributed by atoms with Gasteiger partial charge in [-0.2, -0.15) is 0 Å². The van der Waals surface area contributed by atoms with Crippen LogP contribution in [0.1, 0.15) is 12.0 Å². The van der Waals surface area contributed by atoms with E-state index in [0.29, 0.717) is 19.6 Å². The zero-order valence-electron chi connectivity index (χ0n) is 16.3. The van der Waals surface area contributed by atoms with Gasteiger partial charge in [-0.3, -0.25) is 4.90 Å². The van der Waals surface area contributed by atoms with Gasteiger partial charge in [-0.05, 0) is 30.5 Å². The Bertz CT molecular complexity index is 822. The smallest absolute Gasteiger partial charge is 0.405 e. The van der Waals surface area contributed by atoms with E-state index in [1.807, 2.05) is 42.5 Å². The fourth-order valence-electron chi connectivity index (χ4n) is 3.80. The summed E-state index contributed by atoms with van der Waals surface area (Å²) in [7, 11) is 0. The number of fused-ring (bicyclic) bond motifs is 1. The Morgan fingerprint density at radius 3 is 2.48 bits per heavy atom. The summed E-state index contributed by atoms with van der Waals surface area (Å²) in [6.07, 6.45) is 1.47. The minimum absolute atomic E-state index is 0.241. The molecule has 0 saturated carbocycles. The second-order valence-corrected chi connectivity index (χ2v) is 7.17. The van der Waals surface area contributed by atoms with Crippen molar-refractivity contribution in [3.05, 3.63) is 60.5 Å². The summed E-state index contributed by atoms with van der Waals surface area (Å²) in [6.45, 7) is 4.36. The van der Waals surface area contributed by atoms with Crippen molar-refractivity contribution in [2.24, 2.45) is 0 Å². The van der Waals surface area contributed by atoms with Gasteiger partial charge in [0.2, 0.25) is 0 Å². The molecule has 1 unspecified atom stereocenters. The number of nitrogens with zero attached hydrogens (tertiary/aromatic N) is 2. The Hall–Kier alpha value is -2.93. The number of carboxylic acid groups (broad SMARTS) is 1. The molecule has 7 heteroatoms. The van der Waals surface area contributed by atoms with Crippen molar-refractivity contribution in [3.8, 4) is 11.5 Å². The van der Waals surface area contributed by atoms with Crippen molar-refractivity contribution >= 4 is 11.8 Å². The van der Waals surface area contributed by atoms with E-state index >= 15 is 0 Å². The summed E-state index contributed by atoms with van der Waals surface area (Å²) in [5.74, 6) is 1.58. The van der Waals surface area contributed by atoms with E-state index in [9.17, 15) is 9.90 Å². The minimum atomic E-state index is -0.995. The number of amides is 1. The van der Waals surface area contributed by atoms with Gasteiger partial charge in [0.1, 0.15) is 13.2 Å². The Morgan fingerprint density at radius 1 is 1.03 bits per heavy atom. The highest BCUT2D eigenvalue weighted by Crippen LogP contribution is 2.34. The number of hydrogen-bond acceptors (Lipinski definition) is 5. The van der Waals surface area contributed by atoms with E-state index < -0.39 is 6.09 Å². The fourth-order valence-corrected chi connectivity index (χ4v) is 3.80. The van der Waals surface area contributed by atoms with E-state index in [1.54, 1.807) is 0 Å². The van der Waals surface area contributed by atoms with Crippen LogP contribution in [0.4, 0.5) is 10.5 Å². The molecule has 1 amide bonds. The van der Waals surface area contributed by atoms with Crippen LogP contribution in [0.3, 0.4) is 0 Å². The van der Waals surface area contributed by atoms with E-state index in [-0.39, 0.29) is 6.17 Å². The molecule has 153 valence electrons. The number of rotatable bonds is 6. The summed E-state index contributed by atoms with van der Waals surface area (Å²) in [5.41, 5.74) is 2.20. The first kappa shape index (κ1) is 19.4. The zero-order valence-corrected chi connectivity index (χ0v) is 16.3. The van der Waals surface area contributed by atoms with Crippen molar-refractivity contribution < 1.29 is 19.4 Å². The molecule has 1 saturated heterocycles. The Morgan fingerprint density at radius 2 is 1.76 bits per heavy atom. The molecule has 29 heavy (non-hydrogen) atoms. The molecule has 0 bridgehead atoms. The average molecular weight is 396 g/mol. The standard InChI is InChI=1S/C22H26N3O4/c26-22(27)23-21(9-6-17-4-2-1-3-5-17)25-12-10-24(11-13-25)18-7-8-19-20(16-18)29-15-14-28-19/h1-8,16,21,23H,9-15H2,(H,26,27). The second-order valence-electron chi connectivity index (χ2n) is 7.17. The van der Waals surface area contributed by atoms with Crippen LogP contribution >= 0.6 is 0 Å². The van der Waals surface area contributed by atoms with Gasteiger partial charge in [0, 0.05) is 37.9 Å². The van der Waals surface area contributed by atoms with Crippen molar-refractivity contribution in [2.45, 2.75) is 12.6 Å². The molecule has 2 heterocycles. The maximum atomic E-state index is 11.3. The first-order chi connectivity index (χ1) is 14.2. The van der Waals surface area contributed by atoms with Gasteiger partial charge in [0.15, 0.2) is 11.5 Å². The number of benzene rings is 2. The van der Waals surface area contributed by atoms with Gasteiger partial charge in [0.05, 0.1) is 6.17 Å². The van der Waals surface area contributed by atoms with Crippen LogP contribution in [-0.4, -0.2) is 61.7 Å². The van der Waals surface area contributed by atoms with Gasteiger partial charge >= 0.3 is 6.09 Å². The number of ether oxygens (including phenoxy) is 2. The molecule has 2 aliphatic heterocycles. The molecule has 7 nitrogen and oxygen atoms in total. The van der Waals surface area contributed by atoms with Gasteiger partial charge in [-0.25, -0.2) is 4.79 Å². The molecule has 2 aliphatic rings. The summed E-state index contributed by atoms with van der Waals surface area (Å²) < 4.78 is 11.3. The third kappa shape index (κ3) is 4.92. The van der Waals surface area contributed by atoms with Crippen LogP contribution in [0, 0.1) is 6.42 Å². The largest absolute Gasteiger partial charge is 0.486 e. The number of anilines is 1. The maximum absolute atomic E-state index is 11.3. The lowest BCUT2D eigenvalue weighted by Crippen LogP contribution is -2.55. The van der Waals surface area contributed by atoms with Crippen LogP contribution < -0.4 is 19.7 Å². The van der Waals surface area contributed by atoms with Gasteiger partial charge in [-0.1, -0.05) is 30.3 Å². The topological polar surface area (TPSA) is 74.3 Å². The number of piperazine rings is 1. The quantitative estimate of drug-likeness (QED) is 0.782. The molecule has 1 fully saturated rings. The molecule has 1 atom stereocenters. The van der Waals surface area contributed by atoms with Crippen LogP contribution in [0.15, 0.2) is 48.5 Å². The molecule has 0 spiro atoms. The van der Waals surface area contributed by atoms with Crippen molar-refractivity contribution in [1.82, 2.24) is 10.2 Å². The molecule has 2 N–H and O–H groups in total. The van der Waals surface area contributed by atoms with E-state index in [0.717, 1.165) is 48.9 Å². The highest BCUT2D eigenvalue weighted by atomic mass is 16.6. The average Bonchev–Trinajstić information content (AvgIpc) is 2.77. The third-order valence-corrected chi connectivity index (χ3v) is 5.31. The lowest BCUT2D eigenvalue weighted by molar-refractivity contribution is 0.135. The third-order valence-electron chi connectivity index (χ3n) is 5.31. The normalized spacial score (nSPS) is 17.6. The van der Waals surface area contributed by atoms with E-state index in [1.165, 1.54) is 0 Å². The predicted octanol–water partition coefficient (Wildman–Crippen LogP) is 2.82. The first-order valence-electron chi connectivity index (χ1n) is 9.95. The Balaban J connectivity index is 1.36. The second kappa shape index (κ2) is 9.05. The predicted molar refractivity (Wildman–Crippen MR) is 111 cm³/mol. The number of carbonyl (C=O) groups is 1. The molecule has 4 rings (SSSR count). The molecule has 2 aromatic rings. The maximum Gasteiger partial charge on any atom is 0.405 e.